The summed E-state index contributed by atoms with van der Waals surface area (Å²) in [6.07, 6.45) is 0. The average Bonchev–Trinajstić information content (AvgIpc) is 2.25. The number of benzene rings is 1. The van der Waals surface area contributed by atoms with Gasteiger partial charge in [0.25, 0.3) is 5.91 Å². The Morgan fingerprint density at radius 1 is 1.19 bits per heavy atom. The van der Waals surface area contributed by atoms with Gasteiger partial charge in [0.1, 0.15) is 5.75 Å². The van der Waals surface area contributed by atoms with Gasteiger partial charge in [0.05, 0.1) is 0 Å². The minimum atomic E-state index is -0.407. The lowest BCUT2D eigenvalue weighted by Gasteiger charge is -2.07. The number of hydrazine groups is 1. The zero-order valence-corrected chi connectivity index (χ0v) is 9.24. The Balaban J connectivity index is 2.31. The summed E-state index contributed by atoms with van der Waals surface area (Å²) in [5.41, 5.74) is 5.49. The Hall–Kier alpha value is -2.04. The van der Waals surface area contributed by atoms with Gasteiger partial charge in [0.15, 0.2) is 6.61 Å². The van der Waals surface area contributed by atoms with Crippen LogP contribution in [0.25, 0.3) is 0 Å². The number of ether oxygens (including phenoxy) is 1. The SMILES string of the molecule is CC(=O)NNC(=O)COc1ccc(C)cc1. The fraction of sp³-hybridized carbons (Fsp3) is 0.273. The van der Waals surface area contributed by atoms with Crippen molar-refractivity contribution in [1.29, 1.82) is 0 Å². The van der Waals surface area contributed by atoms with Crippen molar-refractivity contribution >= 4 is 11.8 Å². The van der Waals surface area contributed by atoms with Gasteiger partial charge in [-0.15, -0.1) is 0 Å². The average molecular weight is 222 g/mol. The maximum Gasteiger partial charge on any atom is 0.276 e. The van der Waals surface area contributed by atoms with E-state index in [9.17, 15) is 9.59 Å². The second-order valence-electron chi connectivity index (χ2n) is 3.33. The lowest BCUT2D eigenvalue weighted by molar-refractivity contribution is -0.129. The molecule has 0 atom stereocenters. The molecule has 5 nitrogen and oxygen atoms in total. The highest BCUT2D eigenvalue weighted by atomic mass is 16.5. The van der Waals surface area contributed by atoms with Gasteiger partial charge in [-0.25, -0.2) is 0 Å². The van der Waals surface area contributed by atoms with E-state index in [1.54, 1.807) is 12.1 Å². The van der Waals surface area contributed by atoms with E-state index < -0.39 is 5.91 Å². The summed E-state index contributed by atoms with van der Waals surface area (Å²) in [7, 11) is 0. The van der Waals surface area contributed by atoms with E-state index in [-0.39, 0.29) is 12.5 Å². The Bertz CT molecular complexity index is 373. The van der Waals surface area contributed by atoms with Crippen LogP contribution in [0, 0.1) is 6.92 Å². The molecule has 0 heterocycles. The van der Waals surface area contributed by atoms with E-state index in [0.717, 1.165) is 5.56 Å². The van der Waals surface area contributed by atoms with E-state index in [0.29, 0.717) is 5.75 Å². The molecule has 0 bridgehead atoms. The van der Waals surface area contributed by atoms with Crippen molar-refractivity contribution in [2.24, 2.45) is 0 Å². The van der Waals surface area contributed by atoms with Gasteiger partial charge >= 0.3 is 0 Å². The second kappa shape index (κ2) is 5.75. The predicted octanol–water partition coefficient (Wildman–Crippen LogP) is 0.541. The van der Waals surface area contributed by atoms with Crippen LogP contribution in [0.1, 0.15) is 12.5 Å². The molecule has 0 unspecified atom stereocenters. The van der Waals surface area contributed by atoms with Crippen molar-refractivity contribution in [3.8, 4) is 5.75 Å². The highest BCUT2D eigenvalue weighted by Crippen LogP contribution is 2.10. The maximum absolute atomic E-state index is 11.1. The standard InChI is InChI=1S/C11H14N2O3/c1-8-3-5-10(6-4-8)16-7-11(15)13-12-9(2)14/h3-6H,7H2,1-2H3,(H,12,14)(H,13,15). The molecule has 0 saturated heterocycles. The van der Waals surface area contributed by atoms with Gasteiger partial charge in [-0.3, -0.25) is 20.4 Å². The summed E-state index contributed by atoms with van der Waals surface area (Å²) in [4.78, 5) is 21.6. The van der Waals surface area contributed by atoms with Gasteiger partial charge in [-0.2, -0.15) is 0 Å². The predicted molar refractivity (Wildman–Crippen MR) is 58.6 cm³/mol. The Kier molecular flexibility index (Phi) is 4.32. The minimum absolute atomic E-state index is 0.136. The quantitative estimate of drug-likeness (QED) is 0.733. The highest BCUT2D eigenvalue weighted by Gasteiger charge is 2.02. The summed E-state index contributed by atoms with van der Waals surface area (Å²) < 4.78 is 5.19. The fourth-order valence-corrected chi connectivity index (χ4v) is 0.977. The van der Waals surface area contributed by atoms with Crippen molar-refractivity contribution in [2.75, 3.05) is 6.61 Å². The first kappa shape index (κ1) is 12.0. The molecule has 2 amide bonds. The lowest BCUT2D eigenvalue weighted by Crippen LogP contribution is -2.42. The van der Waals surface area contributed by atoms with Crippen molar-refractivity contribution < 1.29 is 14.3 Å². The minimum Gasteiger partial charge on any atom is -0.484 e. The van der Waals surface area contributed by atoms with Gasteiger partial charge in [0.2, 0.25) is 5.91 Å². The molecule has 0 aliphatic rings. The van der Waals surface area contributed by atoms with Crippen LogP contribution in [-0.4, -0.2) is 18.4 Å². The van der Waals surface area contributed by atoms with Crippen molar-refractivity contribution in [2.45, 2.75) is 13.8 Å². The monoisotopic (exact) mass is 222 g/mol. The molecule has 0 saturated carbocycles. The molecule has 0 radical (unpaired) electrons. The Labute approximate surface area is 93.8 Å². The molecule has 16 heavy (non-hydrogen) atoms. The van der Waals surface area contributed by atoms with Crippen LogP contribution in [-0.2, 0) is 9.59 Å². The summed E-state index contributed by atoms with van der Waals surface area (Å²) in [6, 6.07) is 7.34. The van der Waals surface area contributed by atoms with Crippen LogP contribution >= 0.6 is 0 Å². The van der Waals surface area contributed by atoms with E-state index in [4.69, 9.17) is 4.74 Å². The molecule has 2 N–H and O–H groups in total. The lowest BCUT2D eigenvalue weighted by atomic mass is 10.2. The molecule has 0 aliphatic heterocycles. The van der Waals surface area contributed by atoms with Crippen LogP contribution in [0.4, 0.5) is 0 Å². The molecule has 5 heteroatoms. The highest BCUT2D eigenvalue weighted by molar-refractivity contribution is 5.81. The largest absolute Gasteiger partial charge is 0.484 e. The van der Waals surface area contributed by atoms with Crippen LogP contribution in [0.2, 0.25) is 0 Å². The number of aryl methyl sites for hydroxylation is 1. The van der Waals surface area contributed by atoms with Crippen LogP contribution in [0.15, 0.2) is 24.3 Å². The first-order chi connectivity index (χ1) is 7.58. The third-order valence-electron chi connectivity index (χ3n) is 1.77. The molecule has 0 spiro atoms. The third-order valence-corrected chi connectivity index (χ3v) is 1.77. The molecule has 0 aromatic heterocycles. The summed E-state index contributed by atoms with van der Waals surface area (Å²) >= 11 is 0. The number of hydrogen-bond donors (Lipinski definition) is 2. The smallest absolute Gasteiger partial charge is 0.276 e. The number of carbonyl (C=O) groups excluding carboxylic acids is 2. The molecule has 1 aromatic rings. The normalized spacial score (nSPS) is 9.38. The van der Waals surface area contributed by atoms with Crippen LogP contribution in [0.5, 0.6) is 5.75 Å². The molecule has 0 aliphatic carbocycles. The maximum atomic E-state index is 11.1. The van der Waals surface area contributed by atoms with E-state index in [2.05, 4.69) is 10.9 Å². The molecule has 0 fully saturated rings. The molecule has 1 aromatic carbocycles. The zero-order chi connectivity index (χ0) is 12.0. The summed E-state index contributed by atoms with van der Waals surface area (Å²) in [5.74, 6) is -0.122. The van der Waals surface area contributed by atoms with Crippen LogP contribution in [0.3, 0.4) is 0 Å². The van der Waals surface area contributed by atoms with Crippen molar-refractivity contribution in [3.63, 3.8) is 0 Å². The first-order valence-corrected chi connectivity index (χ1v) is 4.83. The topological polar surface area (TPSA) is 67.4 Å². The fourth-order valence-electron chi connectivity index (χ4n) is 0.977. The van der Waals surface area contributed by atoms with Crippen molar-refractivity contribution in [3.05, 3.63) is 29.8 Å². The molecular weight excluding hydrogens is 208 g/mol. The van der Waals surface area contributed by atoms with Crippen molar-refractivity contribution in [1.82, 2.24) is 10.9 Å². The summed E-state index contributed by atoms with van der Waals surface area (Å²) in [6.45, 7) is 3.14. The zero-order valence-electron chi connectivity index (χ0n) is 9.24. The number of nitrogens with one attached hydrogen (secondary N) is 2. The van der Waals surface area contributed by atoms with E-state index in [1.807, 2.05) is 19.1 Å². The van der Waals surface area contributed by atoms with Gasteiger partial charge in [-0.05, 0) is 19.1 Å². The Morgan fingerprint density at radius 2 is 1.81 bits per heavy atom. The number of rotatable bonds is 3. The van der Waals surface area contributed by atoms with E-state index in [1.165, 1.54) is 6.92 Å². The number of carbonyl (C=O) groups is 2. The summed E-state index contributed by atoms with van der Waals surface area (Å²) in [5, 5.41) is 0. The third kappa shape index (κ3) is 4.45. The van der Waals surface area contributed by atoms with Gasteiger partial charge in [0, 0.05) is 6.92 Å². The van der Waals surface area contributed by atoms with E-state index >= 15 is 0 Å². The first-order valence-electron chi connectivity index (χ1n) is 4.83. The molecule has 86 valence electrons. The Morgan fingerprint density at radius 3 is 2.38 bits per heavy atom. The van der Waals surface area contributed by atoms with Gasteiger partial charge in [-0.1, -0.05) is 17.7 Å². The van der Waals surface area contributed by atoms with Gasteiger partial charge < -0.3 is 4.74 Å². The molecular formula is C11H14N2O3. The number of hydrogen-bond acceptors (Lipinski definition) is 3. The second-order valence-corrected chi connectivity index (χ2v) is 3.33. The number of amides is 2. The molecule has 1 rings (SSSR count). The van der Waals surface area contributed by atoms with Crippen LogP contribution < -0.4 is 15.6 Å².